The number of anilines is 2. The third kappa shape index (κ3) is 7.53. The Hall–Kier alpha value is -4.34. The van der Waals surface area contributed by atoms with Crippen LogP contribution in [0.2, 0.25) is 0 Å². The Kier molecular flexibility index (Phi) is 9.68. The van der Waals surface area contributed by atoms with E-state index in [0.717, 1.165) is 63.5 Å². The van der Waals surface area contributed by atoms with E-state index in [0.29, 0.717) is 13.1 Å². The van der Waals surface area contributed by atoms with Crippen LogP contribution in [0, 0.1) is 0 Å². The standard InChI is InChI=1S/2C20H22N2O2/c2*23-19-14-24-20(16-22(19)18-9-5-2-6-10-18)11-12-21(15-20)13-17-7-3-1-4-8-17/h2*1-10H,11-16H2/t2*20-/m10/s1. The Balaban J connectivity index is 0.000000152. The molecule has 4 aromatic carbocycles. The normalized spacial score (nSPS) is 24.7. The highest BCUT2D eigenvalue weighted by Gasteiger charge is 2.46. The van der Waals surface area contributed by atoms with Gasteiger partial charge >= 0.3 is 0 Å². The van der Waals surface area contributed by atoms with Crippen LogP contribution >= 0.6 is 0 Å². The van der Waals surface area contributed by atoms with Crippen LogP contribution in [0.3, 0.4) is 0 Å². The van der Waals surface area contributed by atoms with Crippen LogP contribution in [0.15, 0.2) is 121 Å². The molecule has 0 saturated carbocycles. The van der Waals surface area contributed by atoms with E-state index >= 15 is 0 Å². The minimum Gasteiger partial charge on any atom is -0.362 e. The second-order valence-corrected chi connectivity index (χ2v) is 13.5. The Labute approximate surface area is 283 Å². The molecule has 2 amide bonds. The number of carbonyl (C=O) groups is 2. The second-order valence-electron chi connectivity index (χ2n) is 13.5. The first-order valence-electron chi connectivity index (χ1n) is 17.0. The highest BCUT2D eigenvalue weighted by atomic mass is 16.5. The smallest absolute Gasteiger partial charge is 0.253 e. The molecule has 4 heterocycles. The zero-order valence-electron chi connectivity index (χ0n) is 27.5. The Bertz CT molecular complexity index is 1530. The number of nitrogens with zero attached hydrogens (tertiary/aromatic N) is 4. The van der Waals surface area contributed by atoms with Gasteiger partial charge in [0.05, 0.1) is 13.1 Å². The topological polar surface area (TPSA) is 65.6 Å². The lowest BCUT2D eigenvalue weighted by molar-refractivity contribution is -0.137. The molecular formula is C40H44N4O4. The van der Waals surface area contributed by atoms with Gasteiger partial charge in [0.15, 0.2) is 0 Å². The van der Waals surface area contributed by atoms with E-state index in [1.165, 1.54) is 11.1 Å². The first-order chi connectivity index (χ1) is 23.5. The van der Waals surface area contributed by atoms with E-state index in [-0.39, 0.29) is 36.2 Å². The van der Waals surface area contributed by atoms with Crippen LogP contribution in [-0.4, -0.2) is 85.3 Å². The molecule has 8 heteroatoms. The molecule has 8 nitrogen and oxygen atoms in total. The third-order valence-corrected chi connectivity index (χ3v) is 9.92. The maximum atomic E-state index is 12.3. The summed E-state index contributed by atoms with van der Waals surface area (Å²) in [7, 11) is 0. The van der Waals surface area contributed by atoms with Gasteiger partial charge < -0.3 is 19.3 Å². The van der Waals surface area contributed by atoms with E-state index in [2.05, 4.69) is 58.3 Å². The summed E-state index contributed by atoms with van der Waals surface area (Å²) >= 11 is 0. The first kappa shape index (κ1) is 32.2. The minimum atomic E-state index is -0.238. The van der Waals surface area contributed by atoms with Gasteiger partial charge in [0.2, 0.25) is 0 Å². The van der Waals surface area contributed by atoms with Crippen molar-refractivity contribution in [2.24, 2.45) is 0 Å². The predicted octanol–water partition coefficient (Wildman–Crippen LogP) is 5.39. The number of morpholine rings is 2. The fourth-order valence-corrected chi connectivity index (χ4v) is 7.42. The second kappa shape index (κ2) is 14.4. The number of benzene rings is 4. The molecule has 0 bridgehead atoms. The number of rotatable bonds is 6. The Morgan fingerprint density at radius 1 is 0.479 bits per heavy atom. The molecule has 0 N–H and O–H groups in total. The van der Waals surface area contributed by atoms with Crippen molar-refractivity contribution in [2.75, 3.05) is 62.3 Å². The minimum absolute atomic E-state index is 0.0494. The lowest BCUT2D eigenvalue weighted by atomic mass is 10.00. The van der Waals surface area contributed by atoms with Crippen molar-refractivity contribution in [3.63, 3.8) is 0 Å². The molecule has 4 aliphatic rings. The highest BCUT2D eigenvalue weighted by molar-refractivity contribution is 5.95. The molecule has 2 atom stereocenters. The molecule has 2 spiro atoms. The summed E-state index contributed by atoms with van der Waals surface area (Å²) in [6.07, 6.45) is 1.94. The van der Waals surface area contributed by atoms with Gasteiger partial charge in [0, 0.05) is 50.6 Å². The third-order valence-electron chi connectivity index (χ3n) is 9.92. The molecule has 4 saturated heterocycles. The van der Waals surface area contributed by atoms with Crippen LogP contribution in [0.4, 0.5) is 11.4 Å². The van der Waals surface area contributed by atoms with Crippen molar-refractivity contribution >= 4 is 23.2 Å². The zero-order chi connectivity index (χ0) is 32.8. The van der Waals surface area contributed by atoms with Gasteiger partial charge in [-0.1, -0.05) is 97.1 Å². The summed E-state index contributed by atoms with van der Waals surface area (Å²) in [4.78, 5) is 33.2. The zero-order valence-corrected chi connectivity index (χ0v) is 27.5. The van der Waals surface area contributed by atoms with Crippen molar-refractivity contribution in [2.45, 2.75) is 37.1 Å². The quantitative estimate of drug-likeness (QED) is 0.281. The average molecular weight is 645 g/mol. The van der Waals surface area contributed by atoms with Crippen molar-refractivity contribution < 1.29 is 19.1 Å². The number of hydrogen-bond acceptors (Lipinski definition) is 6. The lowest BCUT2D eigenvalue weighted by Gasteiger charge is -2.40. The molecule has 4 fully saturated rings. The summed E-state index contributed by atoms with van der Waals surface area (Å²) in [5.41, 5.74) is 4.10. The van der Waals surface area contributed by atoms with Gasteiger partial charge in [-0.05, 0) is 48.2 Å². The van der Waals surface area contributed by atoms with Crippen LogP contribution in [0.5, 0.6) is 0 Å². The monoisotopic (exact) mass is 644 g/mol. The van der Waals surface area contributed by atoms with Gasteiger partial charge in [0.1, 0.15) is 24.4 Å². The summed E-state index contributed by atoms with van der Waals surface area (Å²) in [6.45, 7) is 7.26. The summed E-state index contributed by atoms with van der Waals surface area (Å²) in [6, 6.07) is 40.9. The number of likely N-dealkylation sites (tertiary alicyclic amines) is 2. The number of carbonyl (C=O) groups excluding carboxylic acids is 2. The van der Waals surface area contributed by atoms with Crippen LogP contribution in [-0.2, 0) is 32.2 Å². The van der Waals surface area contributed by atoms with Crippen LogP contribution in [0.25, 0.3) is 0 Å². The molecule has 0 aliphatic carbocycles. The van der Waals surface area contributed by atoms with Gasteiger partial charge in [0.25, 0.3) is 11.8 Å². The molecule has 248 valence electrons. The maximum Gasteiger partial charge on any atom is 0.253 e. The molecule has 0 unspecified atom stereocenters. The van der Waals surface area contributed by atoms with Crippen LogP contribution < -0.4 is 9.80 Å². The van der Waals surface area contributed by atoms with Crippen molar-refractivity contribution in [3.8, 4) is 0 Å². The van der Waals surface area contributed by atoms with Gasteiger partial charge in [-0.15, -0.1) is 0 Å². The maximum absolute atomic E-state index is 12.3. The fourth-order valence-electron chi connectivity index (χ4n) is 7.42. The molecule has 8 rings (SSSR count). The lowest BCUT2D eigenvalue weighted by Crippen LogP contribution is -2.56. The van der Waals surface area contributed by atoms with E-state index < -0.39 is 0 Å². The summed E-state index contributed by atoms with van der Waals surface area (Å²) in [5, 5.41) is 0. The molecule has 48 heavy (non-hydrogen) atoms. The van der Waals surface area contributed by atoms with E-state index in [4.69, 9.17) is 9.47 Å². The average Bonchev–Trinajstić information content (AvgIpc) is 3.72. The van der Waals surface area contributed by atoms with Crippen molar-refractivity contribution in [1.82, 2.24) is 9.80 Å². The fraction of sp³-hybridized carbons (Fsp3) is 0.350. The molecular weight excluding hydrogens is 600 g/mol. The van der Waals surface area contributed by atoms with Gasteiger partial charge in [-0.2, -0.15) is 0 Å². The Morgan fingerprint density at radius 2 is 0.833 bits per heavy atom. The molecule has 4 aliphatic heterocycles. The molecule has 4 aromatic rings. The SMILES string of the molecule is O=C1CO[C@@]2(CCN(Cc3ccccc3)C2)CN1c1ccccc1.O=C1CO[C@]2(CCN(Cc3ccccc3)C2)CN1c1ccccc1. The largest absolute Gasteiger partial charge is 0.362 e. The summed E-state index contributed by atoms with van der Waals surface area (Å²) < 4.78 is 12.1. The van der Waals surface area contributed by atoms with Crippen molar-refractivity contribution in [1.29, 1.82) is 0 Å². The van der Waals surface area contributed by atoms with Crippen molar-refractivity contribution in [3.05, 3.63) is 132 Å². The highest BCUT2D eigenvalue weighted by Crippen LogP contribution is 2.34. The van der Waals surface area contributed by atoms with E-state index in [1.807, 2.05) is 82.6 Å². The Morgan fingerprint density at radius 3 is 1.21 bits per heavy atom. The van der Waals surface area contributed by atoms with Gasteiger partial charge in [-0.3, -0.25) is 19.4 Å². The number of para-hydroxylation sites is 2. The summed E-state index contributed by atoms with van der Waals surface area (Å²) in [5.74, 6) is 0.0988. The number of amides is 2. The molecule has 0 aromatic heterocycles. The number of ether oxygens (including phenoxy) is 2. The van der Waals surface area contributed by atoms with E-state index in [9.17, 15) is 9.59 Å². The number of hydrogen-bond donors (Lipinski definition) is 0. The van der Waals surface area contributed by atoms with Crippen LogP contribution in [0.1, 0.15) is 24.0 Å². The van der Waals surface area contributed by atoms with E-state index in [1.54, 1.807) is 0 Å². The predicted molar refractivity (Wildman–Crippen MR) is 188 cm³/mol. The van der Waals surface area contributed by atoms with Gasteiger partial charge in [-0.25, -0.2) is 0 Å². The first-order valence-corrected chi connectivity index (χ1v) is 17.0. The molecule has 0 radical (unpaired) electrons.